The summed E-state index contributed by atoms with van der Waals surface area (Å²) in [6.07, 6.45) is 3.22. The Kier molecular flexibility index (Phi) is 2.64. The molecule has 2 N–H and O–H groups in total. The van der Waals surface area contributed by atoms with Crippen molar-refractivity contribution in [2.45, 2.75) is 6.92 Å². The first kappa shape index (κ1) is 10.3. The van der Waals surface area contributed by atoms with Crippen LogP contribution in [-0.4, -0.2) is 15.9 Å². The van der Waals surface area contributed by atoms with Crippen LogP contribution in [-0.2, 0) is 0 Å². The smallest absolute Gasteiger partial charge is 0.268 e. The summed E-state index contributed by atoms with van der Waals surface area (Å²) in [5, 5.41) is 0. The number of carbonyl (C=O) groups excluding carboxylic acids is 1. The number of hydrogen-bond donors (Lipinski definition) is 1. The van der Waals surface area contributed by atoms with E-state index in [0.717, 1.165) is 11.3 Å². The summed E-state index contributed by atoms with van der Waals surface area (Å²) in [5.74, 6) is -0.541. The minimum atomic E-state index is -0.541. The second-order valence-electron chi connectivity index (χ2n) is 3.43. The largest absolute Gasteiger partial charge is 0.364 e. The van der Waals surface area contributed by atoms with Crippen LogP contribution in [0.15, 0.2) is 36.7 Å². The number of primary amides is 1. The number of hydrogen-bond acceptors (Lipinski definition) is 3. The van der Waals surface area contributed by atoms with Gasteiger partial charge in [-0.05, 0) is 30.7 Å². The van der Waals surface area contributed by atoms with E-state index in [1.54, 1.807) is 24.5 Å². The van der Waals surface area contributed by atoms with Crippen molar-refractivity contribution in [2.75, 3.05) is 0 Å². The van der Waals surface area contributed by atoms with Gasteiger partial charge in [0.05, 0.1) is 5.69 Å². The maximum atomic E-state index is 11.2. The molecule has 16 heavy (non-hydrogen) atoms. The molecule has 0 radical (unpaired) electrons. The Balaban J connectivity index is 2.65. The molecule has 0 unspecified atom stereocenters. The molecule has 0 spiro atoms. The molecule has 0 saturated carbocycles. The van der Waals surface area contributed by atoms with E-state index in [1.807, 2.05) is 19.1 Å². The Morgan fingerprint density at radius 3 is 2.56 bits per heavy atom. The Hall–Kier alpha value is -2.23. The van der Waals surface area contributed by atoms with Crippen molar-refractivity contribution in [2.24, 2.45) is 5.73 Å². The highest BCUT2D eigenvalue weighted by molar-refractivity contribution is 5.97. The summed E-state index contributed by atoms with van der Waals surface area (Å²) in [4.78, 5) is 19.5. The SMILES string of the molecule is Cc1cccnc1-c1cccnc1C(N)=O. The first-order valence-corrected chi connectivity index (χ1v) is 4.87. The Morgan fingerprint density at radius 2 is 1.88 bits per heavy atom. The van der Waals surface area contributed by atoms with Crippen LogP contribution in [0.1, 0.15) is 16.1 Å². The average molecular weight is 213 g/mol. The molecule has 1 amide bonds. The van der Waals surface area contributed by atoms with E-state index in [1.165, 1.54) is 0 Å². The number of carbonyl (C=O) groups is 1. The minimum absolute atomic E-state index is 0.254. The zero-order valence-corrected chi connectivity index (χ0v) is 8.84. The standard InChI is InChI=1S/C12H11N3O/c1-8-4-2-6-14-10(8)9-5-3-7-15-11(9)12(13)16/h2-7H,1H3,(H2,13,16). The van der Waals surface area contributed by atoms with Gasteiger partial charge in [0.25, 0.3) is 5.91 Å². The van der Waals surface area contributed by atoms with Gasteiger partial charge in [0.2, 0.25) is 0 Å². The van der Waals surface area contributed by atoms with E-state index in [4.69, 9.17) is 5.73 Å². The summed E-state index contributed by atoms with van der Waals surface area (Å²) < 4.78 is 0. The minimum Gasteiger partial charge on any atom is -0.364 e. The lowest BCUT2D eigenvalue weighted by molar-refractivity contribution is 0.0996. The topological polar surface area (TPSA) is 68.9 Å². The molecule has 2 heterocycles. The molecule has 0 aliphatic carbocycles. The monoisotopic (exact) mass is 213 g/mol. The third kappa shape index (κ3) is 1.77. The number of aromatic nitrogens is 2. The lowest BCUT2D eigenvalue weighted by atomic mass is 10.1. The molecule has 2 rings (SSSR count). The second kappa shape index (κ2) is 4.10. The van der Waals surface area contributed by atoms with Crippen molar-refractivity contribution < 1.29 is 4.79 Å². The first-order chi connectivity index (χ1) is 7.70. The molecule has 0 fully saturated rings. The summed E-state index contributed by atoms with van der Waals surface area (Å²) in [6, 6.07) is 7.33. The Bertz CT molecular complexity index is 537. The van der Waals surface area contributed by atoms with Crippen molar-refractivity contribution in [3.63, 3.8) is 0 Å². The summed E-state index contributed by atoms with van der Waals surface area (Å²) in [7, 11) is 0. The molecule has 0 saturated heterocycles. The van der Waals surface area contributed by atoms with Crippen molar-refractivity contribution >= 4 is 5.91 Å². The molecule has 4 heteroatoms. The maximum Gasteiger partial charge on any atom is 0.268 e. The van der Waals surface area contributed by atoms with E-state index in [9.17, 15) is 4.79 Å². The van der Waals surface area contributed by atoms with Crippen molar-refractivity contribution in [1.82, 2.24) is 9.97 Å². The number of rotatable bonds is 2. The van der Waals surface area contributed by atoms with Gasteiger partial charge in [-0.25, -0.2) is 0 Å². The lowest BCUT2D eigenvalue weighted by Gasteiger charge is -2.07. The highest BCUT2D eigenvalue weighted by atomic mass is 16.1. The number of aryl methyl sites for hydroxylation is 1. The Labute approximate surface area is 93.2 Å². The normalized spacial score (nSPS) is 10.1. The number of pyridine rings is 2. The van der Waals surface area contributed by atoms with Gasteiger partial charge < -0.3 is 5.73 Å². The van der Waals surface area contributed by atoms with Crippen LogP contribution in [0.4, 0.5) is 0 Å². The molecule has 0 aliphatic rings. The van der Waals surface area contributed by atoms with Gasteiger partial charge in [0.15, 0.2) is 0 Å². The van der Waals surface area contributed by atoms with Crippen LogP contribution in [0.25, 0.3) is 11.3 Å². The molecule has 0 bridgehead atoms. The van der Waals surface area contributed by atoms with Crippen molar-refractivity contribution in [3.05, 3.63) is 47.9 Å². The number of amides is 1. The average Bonchev–Trinajstić information content (AvgIpc) is 2.29. The predicted molar refractivity (Wildman–Crippen MR) is 60.7 cm³/mol. The van der Waals surface area contributed by atoms with Gasteiger partial charge in [-0.15, -0.1) is 0 Å². The predicted octanol–water partition coefficient (Wildman–Crippen LogP) is 1.55. The molecule has 0 aliphatic heterocycles. The van der Waals surface area contributed by atoms with Crippen LogP contribution in [0, 0.1) is 6.92 Å². The summed E-state index contributed by atoms with van der Waals surface area (Å²) >= 11 is 0. The summed E-state index contributed by atoms with van der Waals surface area (Å²) in [6.45, 7) is 1.93. The van der Waals surface area contributed by atoms with Crippen LogP contribution < -0.4 is 5.73 Å². The third-order valence-electron chi connectivity index (χ3n) is 2.31. The lowest BCUT2D eigenvalue weighted by Crippen LogP contribution is -2.14. The van der Waals surface area contributed by atoms with Gasteiger partial charge >= 0.3 is 0 Å². The van der Waals surface area contributed by atoms with Gasteiger partial charge in [-0.2, -0.15) is 0 Å². The molecule has 4 nitrogen and oxygen atoms in total. The first-order valence-electron chi connectivity index (χ1n) is 4.87. The zero-order chi connectivity index (χ0) is 11.5. The highest BCUT2D eigenvalue weighted by Crippen LogP contribution is 2.22. The van der Waals surface area contributed by atoms with E-state index >= 15 is 0 Å². The van der Waals surface area contributed by atoms with E-state index in [2.05, 4.69) is 9.97 Å². The van der Waals surface area contributed by atoms with E-state index in [0.29, 0.717) is 5.56 Å². The quantitative estimate of drug-likeness (QED) is 0.822. The van der Waals surface area contributed by atoms with Crippen LogP contribution >= 0.6 is 0 Å². The van der Waals surface area contributed by atoms with Crippen molar-refractivity contribution in [3.8, 4) is 11.3 Å². The second-order valence-corrected chi connectivity index (χ2v) is 3.43. The van der Waals surface area contributed by atoms with Crippen LogP contribution in [0.5, 0.6) is 0 Å². The molecule has 2 aromatic heterocycles. The van der Waals surface area contributed by atoms with Gasteiger partial charge in [0.1, 0.15) is 5.69 Å². The highest BCUT2D eigenvalue weighted by Gasteiger charge is 2.13. The fourth-order valence-electron chi connectivity index (χ4n) is 1.56. The molecule has 0 aromatic carbocycles. The van der Waals surface area contributed by atoms with Crippen LogP contribution in [0.3, 0.4) is 0 Å². The van der Waals surface area contributed by atoms with Gasteiger partial charge in [-0.1, -0.05) is 6.07 Å². The van der Waals surface area contributed by atoms with Gasteiger partial charge in [0, 0.05) is 18.0 Å². The van der Waals surface area contributed by atoms with Crippen LogP contribution in [0.2, 0.25) is 0 Å². The fourth-order valence-corrected chi connectivity index (χ4v) is 1.56. The molecule has 2 aromatic rings. The van der Waals surface area contributed by atoms with Gasteiger partial charge in [-0.3, -0.25) is 14.8 Å². The molecule has 80 valence electrons. The fraction of sp³-hybridized carbons (Fsp3) is 0.0833. The number of nitrogens with zero attached hydrogens (tertiary/aromatic N) is 2. The van der Waals surface area contributed by atoms with E-state index < -0.39 is 5.91 Å². The van der Waals surface area contributed by atoms with Crippen molar-refractivity contribution in [1.29, 1.82) is 0 Å². The molecular formula is C12H11N3O. The summed E-state index contributed by atoms with van der Waals surface area (Å²) in [5.41, 5.74) is 7.93. The molecular weight excluding hydrogens is 202 g/mol. The van der Waals surface area contributed by atoms with E-state index in [-0.39, 0.29) is 5.69 Å². The third-order valence-corrected chi connectivity index (χ3v) is 2.31. The zero-order valence-electron chi connectivity index (χ0n) is 8.84. The maximum absolute atomic E-state index is 11.2. The number of nitrogens with two attached hydrogens (primary N) is 1. The Morgan fingerprint density at radius 1 is 1.19 bits per heavy atom. The molecule has 0 atom stereocenters.